The fourth-order valence-electron chi connectivity index (χ4n) is 2.42. The number of nitrogens with zero attached hydrogens (tertiary/aromatic N) is 2. The van der Waals surface area contributed by atoms with Crippen molar-refractivity contribution in [2.75, 3.05) is 12.5 Å². The number of carbonyl (C=O) groups excluding carboxylic acids is 2. The zero-order chi connectivity index (χ0) is 21.6. The molecule has 2 aromatic carbocycles. The SMILES string of the molecule is CSc1ccc(/C=N/NC(=O)CCCCC(=O)N/N=C/c2ccc(SC)cc2)cc1. The van der Waals surface area contributed by atoms with Crippen LogP contribution in [0.5, 0.6) is 0 Å². The van der Waals surface area contributed by atoms with Gasteiger partial charge in [0.25, 0.3) is 0 Å². The maximum Gasteiger partial charge on any atom is 0.240 e. The van der Waals surface area contributed by atoms with Gasteiger partial charge in [0.1, 0.15) is 0 Å². The lowest BCUT2D eigenvalue weighted by Crippen LogP contribution is -2.19. The van der Waals surface area contributed by atoms with Crippen LogP contribution < -0.4 is 10.9 Å². The standard InChI is InChI=1S/C22H26N4O2S2/c1-29-19-11-7-17(8-12-19)15-23-25-21(27)5-3-4-6-22(28)26-24-16-18-9-13-20(30-2)14-10-18/h7-16H,3-6H2,1-2H3,(H,25,27)(H,26,28)/b23-15+,24-16+. The largest absolute Gasteiger partial charge is 0.273 e. The number of benzene rings is 2. The summed E-state index contributed by atoms with van der Waals surface area (Å²) < 4.78 is 0. The summed E-state index contributed by atoms with van der Waals surface area (Å²) in [6, 6.07) is 15.8. The van der Waals surface area contributed by atoms with Gasteiger partial charge in [-0.15, -0.1) is 23.5 Å². The first-order valence-electron chi connectivity index (χ1n) is 9.52. The van der Waals surface area contributed by atoms with Crippen molar-refractivity contribution in [3.63, 3.8) is 0 Å². The van der Waals surface area contributed by atoms with Crippen molar-refractivity contribution in [2.24, 2.45) is 10.2 Å². The number of carbonyl (C=O) groups is 2. The Morgan fingerprint density at radius 1 is 0.733 bits per heavy atom. The first-order chi connectivity index (χ1) is 14.6. The third-order valence-electron chi connectivity index (χ3n) is 4.10. The van der Waals surface area contributed by atoms with Gasteiger partial charge >= 0.3 is 0 Å². The van der Waals surface area contributed by atoms with E-state index in [0.717, 1.165) is 11.1 Å². The van der Waals surface area contributed by atoms with Gasteiger partial charge in [0.05, 0.1) is 12.4 Å². The molecule has 6 nitrogen and oxygen atoms in total. The molecule has 0 atom stereocenters. The number of thioether (sulfide) groups is 2. The van der Waals surface area contributed by atoms with Gasteiger partial charge in [0.15, 0.2) is 0 Å². The van der Waals surface area contributed by atoms with E-state index in [1.165, 1.54) is 9.79 Å². The molecule has 0 aliphatic carbocycles. The van der Waals surface area contributed by atoms with Crippen molar-refractivity contribution in [1.29, 1.82) is 0 Å². The van der Waals surface area contributed by atoms with Crippen LogP contribution in [-0.2, 0) is 9.59 Å². The Bertz CT molecular complexity index is 792. The van der Waals surface area contributed by atoms with E-state index in [0.29, 0.717) is 25.7 Å². The summed E-state index contributed by atoms with van der Waals surface area (Å²) in [6.07, 6.45) is 9.12. The van der Waals surface area contributed by atoms with Crippen molar-refractivity contribution in [2.45, 2.75) is 35.5 Å². The first kappa shape index (κ1) is 23.7. The van der Waals surface area contributed by atoms with E-state index < -0.39 is 0 Å². The van der Waals surface area contributed by atoms with E-state index in [1.807, 2.05) is 61.0 Å². The Morgan fingerprint density at radius 3 is 1.43 bits per heavy atom. The summed E-state index contributed by atoms with van der Waals surface area (Å²) in [7, 11) is 0. The van der Waals surface area contributed by atoms with Crippen LogP contribution in [0.3, 0.4) is 0 Å². The molecular formula is C22H26N4O2S2. The third kappa shape index (κ3) is 9.28. The predicted octanol–water partition coefficient (Wildman–Crippen LogP) is 4.29. The molecule has 0 bridgehead atoms. The Balaban J connectivity index is 1.58. The molecule has 30 heavy (non-hydrogen) atoms. The molecule has 0 spiro atoms. The Labute approximate surface area is 186 Å². The zero-order valence-corrected chi connectivity index (χ0v) is 18.8. The van der Waals surface area contributed by atoms with E-state index in [-0.39, 0.29) is 11.8 Å². The van der Waals surface area contributed by atoms with Gasteiger partial charge in [-0.2, -0.15) is 10.2 Å². The van der Waals surface area contributed by atoms with Crippen molar-refractivity contribution >= 4 is 47.8 Å². The molecule has 2 aromatic rings. The van der Waals surface area contributed by atoms with E-state index in [9.17, 15) is 9.59 Å². The second-order valence-corrected chi connectivity index (χ2v) is 8.10. The maximum absolute atomic E-state index is 11.8. The Morgan fingerprint density at radius 2 is 1.10 bits per heavy atom. The van der Waals surface area contributed by atoms with Crippen LogP contribution in [0.25, 0.3) is 0 Å². The van der Waals surface area contributed by atoms with E-state index in [1.54, 1.807) is 36.0 Å². The smallest absolute Gasteiger partial charge is 0.240 e. The van der Waals surface area contributed by atoms with Crippen LogP contribution in [0, 0.1) is 0 Å². The molecule has 8 heteroatoms. The fourth-order valence-corrected chi connectivity index (χ4v) is 3.24. The topological polar surface area (TPSA) is 82.9 Å². The maximum atomic E-state index is 11.8. The molecule has 2 N–H and O–H groups in total. The number of hydrogen-bond acceptors (Lipinski definition) is 6. The molecule has 0 radical (unpaired) electrons. The number of rotatable bonds is 11. The summed E-state index contributed by atoms with van der Waals surface area (Å²) >= 11 is 3.35. The van der Waals surface area contributed by atoms with Crippen LogP contribution in [0.15, 0.2) is 68.5 Å². The van der Waals surface area contributed by atoms with Gasteiger partial charge in [-0.3, -0.25) is 9.59 Å². The fraction of sp³-hybridized carbons (Fsp3) is 0.273. The Kier molecular flexibility index (Phi) is 10.7. The Hall–Kier alpha value is -2.58. The summed E-state index contributed by atoms with van der Waals surface area (Å²) in [4.78, 5) is 26.0. The molecule has 0 heterocycles. The molecule has 0 saturated carbocycles. The van der Waals surface area contributed by atoms with Gasteiger partial charge in [0, 0.05) is 22.6 Å². The van der Waals surface area contributed by atoms with Crippen molar-refractivity contribution in [3.8, 4) is 0 Å². The lowest BCUT2D eigenvalue weighted by Gasteiger charge is -2.01. The van der Waals surface area contributed by atoms with Crippen molar-refractivity contribution < 1.29 is 9.59 Å². The summed E-state index contributed by atoms with van der Waals surface area (Å²) in [5.41, 5.74) is 6.86. The lowest BCUT2D eigenvalue weighted by molar-refractivity contribution is -0.123. The highest BCUT2D eigenvalue weighted by Crippen LogP contribution is 2.14. The molecule has 0 saturated heterocycles. The second kappa shape index (κ2) is 13.6. The van der Waals surface area contributed by atoms with Gasteiger partial charge in [-0.25, -0.2) is 10.9 Å². The van der Waals surface area contributed by atoms with Gasteiger partial charge in [-0.05, 0) is 60.7 Å². The van der Waals surface area contributed by atoms with E-state index in [2.05, 4.69) is 21.1 Å². The summed E-state index contributed by atoms with van der Waals surface area (Å²) in [5.74, 6) is -0.335. The molecule has 2 amide bonds. The molecule has 0 aliphatic rings. The molecule has 0 fully saturated rings. The van der Waals surface area contributed by atoms with Crippen molar-refractivity contribution in [3.05, 3.63) is 59.7 Å². The second-order valence-electron chi connectivity index (χ2n) is 6.34. The monoisotopic (exact) mass is 442 g/mol. The van der Waals surface area contributed by atoms with Crippen LogP contribution in [0.4, 0.5) is 0 Å². The minimum absolute atomic E-state index is 0.167. The van der Waals surface area contributed by atoms with Crippen molar-refractivity contribution in [1.82, 2.24) is 10.9 Å². The number of unbranched alkanes of at least 4 members (excludes halogenated alkanes) is 1. The normalized spacial score (nSPS) is 11.1. The highest BCUT2D eigenvalue weighted by molar-refractivity contribution is 7.98. The minimum Gasteiger partial charge on any atom is -0.273 e. The quantitative estimate of drug-likeness (QED) is 0.235. The summed E-state index contributed by atoms with van der Waals surface area (Å²) in [5, 5.41) is 7.92. The van der Waals surface area contributed by atoms with Crippen LogP contribution in [0.1, 0.15) is 36.8 Å². The van der Waals surface area contributed by atoms with E-state index in [4.69, 9.17) is 0 Å². The van der Waals surface area contributed by atoms with Crippen LogP contribution >= 0.6 is 23.5 Å². The average Bonchev–Trinajstić information content (AvgIpc) is 2.77. The molecule has 0 aromatic heterocycles. The highest BCUT2D eigenvalue weighted by Gasteiger charge is 2.03. The molecule has 2 rings (SSSR count). The number of nitrogens with one attached hydrogen (secondary N) is 2. The third-order valence-corrected chi connectivity index (χ3v) is 5.58. The minimum atomic E-state index is -0.167. The van der Waals surface area contributed by atoms with Gasteiger partial charge in [-0.1, -0.05) is 24.3 Å². The van der Waals surface area contributed by atoms with E-state index >= 15 is 0 Å². The predicted molar refractivity (Wildman–Crippen MR) is 126 cm³/mol. The molecule has 0 aliphatic heterocycles. The molecule has 158 valence electrons. The van der Waals surface area contributed by atoms with Gasteiger partial charge in [0.2, 0.25) is 11.8 Å². The first-order valence-corrected chi connectivity index (χ1v) is 12.0. The molecule has 0 unspecified atom stereocenters. The van der Waals surface area contributed by atoms with Crippen LogP contribution in [0.2, 0.25) is 0 Å². The number of hydrogen-bond donors (Lipinski definition) is 2. The van der Waals surface area contributed by atoms with Crippen LogP contribution in [-0.4, -0.2) is 36.8 Å². The lowest BCUT2D eigenvalue weighted by atomic mass is 10.2. The summed E-state index contributed by atoms with van der Waals surface area (Å²) in [6.45, 7) is 0. The number of hydrazone groups is 2. The molecular weight excluding hydrogens is 416 g/mol. The van der Waals surface area contributed by atoms with Gasteiger partial charge < -0.3 is 0 Å². The highest BCUT2D eigenvalue weighted by atomic mass is 32.2. The zero-order valence-electron chi connectivity index (χ0n) is 17.1. The average molecular weight is 443 g/mol. The number of amides is 2.